The number of nitrogens with zero attached hydrogens (tertiary/aromatic N) is 2. The third kappa shape index (κ3) is 3.82. The standard InChI is InChI=1S/C15H26N4/c1-5-16-15-17-9-12(4)14(19-15)18-13-7-10(2)6-11(3)8-13/h9-11,13H,5-8H2,1-4H3,(H2,16,17,18,19). The molecule has 0 saturated heterocycles. The van der Waals surface area contributed by atoms with Crippen molar-refractivity contribution in [3.63, 3.8) is 0 Å². The van der Waals surface area contributed by atoms with Crippen LogP contribution in [0, 0.1) is 18.8 Å². The first-order valence-corrected chi connectivity index (χ1v) is 7.42. The molecule has 1 aliphatic carbocycles. The van der Waals surface area contributed by atoms with E-state index in [1.807, 2.05) is 6.20 Å². The van der Waals surface area contributed by atoms with E-state index in [0.717, 1.165) is 29.8 Å². The highest BCUT2D eigenvalue weighted by molar-refractivity contribution is 5.47. The van der Waals surface area contributed by atoms with Crippen LogP contribution in [0.25, 0.3) is 0 Å². The summed E-state index contributed by atoms with van der Waals surface area (Å²) >= 11 is 0. The molecule has 0 amide bonds. The zero-order valence-electron chi connectivity index (χ0n) is 12.5. The Kier molecular flexibility index (Phi) is 4.61. The van der Waals surface area contributed by atoms with E-state index in [4.69, 9.17) is 0 Å². The van der Waals surface area contributed by atoms with Crippen LogP contribution in [0.4, 0.5) is 11.8 Å². The molecule has 4 heteroatoms. The number of anilines is 2. The number of nitrogens with one attached hydrogen (secondary N) is 2. The molecular weight excluding hydrogens is 236 g/mol. The minimum atomic E-state index is 0.543. The van der Waals surface area contributed by atoms with E-state index >= 15 is 0 Å². The summed E-state index contributed by atoms with van der Waals surface area (Å²) in [5.41, 5.74) is 1.12. The Morgan fingerprint density at radius 2 is 1.89 bits per heavy atom. The van der Waals surface area contributed by atoms with Crippen LogP contribution in [0.3, 0.4) is 0 Å². The van der Waals surface area contributed by atoms with E-state index in [1.54, 1.807) is 0 Å². The number of aryl methyl sites for hydroxylation is 1. The van der Waals surface area contributed by atoms with Crippen molar-refractivity contribution in [2.45, 2.75) is 53.0 Å². The van der Waals surface area contributed by atoms with Crippen molar-refractivity contribution in [2.24, 2.45) is 11.8 Å². The first kappa shape index (κ1) is 14.1. The van der Waals surface area contributed by atoms with Crippen molar-refractivity contribution in [1.29, 1.82) is 0 Å². The Hall–Kier alpha value is -1.32. The summed E-state index contributed by atoms with van der Waals surface area (Å²) in [5, 5.41) is 6.79. The molecule has 19 heavy (non-hydrogen) atoms. The van der Waals surface area contributed by atoms with Gasteiger partial charge in [-0.05, 0) is 44.9 Å². The number of hydrogen-bond acceptors (Lipinski definition) is 4. The van der Waals surface area contributed by atoms with E-state index in [0.29, 0.717) is 12.0 Å². The van der Waals surface area contributed by atoms with Gasteiger partial charge in [0.1, 0.15) is 5.82 Å². The average molecular weight is 262 g/mol. The Balaban J connectivity index is 2.07. The molecule has 2 rings (SSSR count). The lowest BCUT2D eigenvalue weighted by Crippen LogP contribution is -2.31. The number of hydrogen-bond donors (Lipinski definition) is 2. The highest BCUT2D eigenvalue weighted by atomic mass is 15.1. The monoisotopic (exact) mass is 262 g/mol. The highest BCUT2D eigenvalue weighted by Gasteiger charge is 2.24. The fourth-order valence-electron chi connectivity index (χ4n) is 3.09. The Morgan fingerprint density at radius 3 is 2.53 bits per heavy atom. The molecule has 2 atom stereocenters. The van der Waals surface area contributed by atoms with E-state index in [2.05, 4.69) is 48.3 Å². The van der Waals surface area contributed by atoms with Gasteiger partial charge in [-0.3, -0.25) is 0 Å². The SMILES string of the molecule is CCNc1ncc(C)c(NC2CC(C)CC(C)C2)n1. The van der Waals surface area contributed by atoms with Crippen LogP contribution in [0.5, 0.6) is 0 Å². The van der Waals surface area contributed by atoms with Crippen molar-refractivity contribution in [3.05, 3.63) is 11.8 Å². The third-order valence-corrected chi connectivity index (χ3v) is 3.83. The van der Waals surface area contributed by atoms with Crippen LogP contribution in [0.2, 0.25) is 0 Å². The predicted octanol–water partition coefficient (Wildman–Crippen LogP) is 3.45. The van der Waals surface area contributed by atoms with Crippen molar-refractivity contribution < 1.29 is 0 Å². The minimum Gasteiger partial charge on any atom is -0.367 e. The smallest absolute Gasteiger partial charge is 0.224 e. The van der Waals surface area contributed by atoms with Gasteiger partial charge in [0.2, 0.25) is 5.95 Å². The Bertz CT molecular complexity index is 409. The molecule has 1 heterocycles. The molecule has 1 aromatic rings. The predicted molar refractivity (Wildman–Crippen MR) is 80.5 cm³/mol. The maximum atomic E-state index is 4.57. The van der Waals surface area contributed by atoms with Gasteiger partial charge in [0, 0.05) is 24.3 Å². The lowest BCUT2D eigenvalue weighted by molar-refractivity contribution is 0.280. The summed E-state index contributed by atoms with van der Waals surface area (Å²) in [6, 6.07) is 0.543. The van der Waals surface area contributed by atoms with Crippen LogP contribution in [-0.2, 0) is 0 Å². The van der Waals surface area contributed by atoms with Crippen LogP contribution in [0.1, 0.15) is 45.6 Å². The van der Waals surface area contributed by atoms with Crippen molar-refractivity contribution in [2.75, 3.05) is 17.2 Å². The van der Waals surface area contributed by atoms with Gasteiger partial charge in [0.05, 0.1) is 0 Å². The molecule has 4 nitrogen and oxygen atoms in total. The molecule has 0 aromatic carbocycles. The fraction of sp³-hybridized carbons (Fsp3) is 0.733. The summed E-state index contributed by atoms with van der Waals surface area (Å²) in [6.45, 7) is 9.66. The largest absolute Gasteiger partial charge is 0.367 e. The van der Waals surface area contributed by atoms with E-state index < -0.39 is 0 Å². The maximum absolute atomic E-state index is 4.57. The molecule has 1 fully saturated rings. The topological polar surface area (TPSA) is 49.8 Å². The molecule has 1 aliphatic rings. The summed E-state index contributed by atoms with van der Waals surface area (Å²) < 4.78 is 0. The first-order valence-electron chi connectivity index (χ1n) is 7.42. The zero-order chi connectivity index (χ0) is 13.8. The number of rotatable bonds is 4. The summed E-state index contributed by atoms with van der Waals surface area (Å²) in [4.78, 5) is 8.86. The van der Waals surface area contributed by atoms with Crippen LogP contribution >= 0.6 is 0 Å². The van der Waals surface area contributed by atoms with E-state index in [9.17, 15) is 0 Å². The van der Waals surface area contributed by atoms with Crippen molar-refractivity contribution in [3.8, 4) is 0 Å². The van der Waals surface area contributed by atoms with Gasteiger partial charge in [-0.2, -0.15) is 4.98 Å². The van der Waals surface area contributed by atoms with Gasteiger partial charge >= 0.3 is 0 Å². The van der Waals surface area contributed by atoms with E-state index in [1.165, 1.54) is 19.3 Å². The maximum Gasteiger partial charge on any atom is 0.224 e. The lowest BCUT2D eigenvalue weighted by Gasteiger charge is -2.32. The molecular formula is C15H26N4. The second-order valence-electron chi connectivity index (χ2n) is 6.01. The van der Waals surface area contributed by atoms with Crippen LogP contribution in [-0.4, -0.2) is 22.6 Å². The minimum absolute atomic E-state index is 0.543. The van der Waals surface area contributed by atoms with Gasteiger partial charge < -0.3 is 10.6 Å². The molecule has 2 N–H and O–H groups in total. The molecule has 1 aromatic heterocycles. The lowest BCUT2D eigenvalue weighted by atomic mass is 9.80. The van der Waals surface area contributed by atoms with Crippen molar-refractivity contribution >= 4 is 11.8 Å². The van der Waals surface area contributed by atoms with Crippen LogP contribution < -0.4 is 10.6 Å². The highest BCUT2D eigenvalue weighted by Crippen LogP contribution is 2.30. The van der Waals surface area contributed by atoms with Crippen molar-refractivity contribution in [1.82, 2.24) is 9.97 Å². The first-order chi connectivity index (χ1) is 9.08. The second kappa shape index (κ2) is 6.22. The molecule has 1 saturated carbocycles. The van der Waals surface area contributed by atoms with E-state index in [-0.39, 0.29) is 0 Å². The molecule has 2 unspecified atom stereocenters. The van der Waals surface area contributed by atoms with Gasteiger partial charge in [0.15, 0.2) is 0 Å². The Morgan fingerprint density at radius 1 is 1.21 bits per heavy atom. The molecule has 106 valence electrons. The zero-order valence-corrected chi connectivity index (χ0v) is 12.5. The summed E-state index contributed by atoms with van der Waals surface area (Å²) in [5.74, 6) is 3.30. The van der Waals surface area contributed by atoms with Gasteiger partial charge in [-0.1, -0.05) is 13.8 Å². The molecule has 0 bridgehead atoms. The van der Waals surface area contributed by atoms with Crippen LogP contribution in [0.15, 0.2) is 6.20 Å². The normalized spacial score (nSPS) is 27.1. The number of aromatic nitrogens is 2. The quantitative estimate of drug-likeness (QED) is 0.872. The van der Waals surface area contributed by atoms with Gasteiger partial charge in [-0.15, -0.1) is 0 Å². The second-order valence-corrected chi connectivity index (χ2v) is 6.01. The summed E-state index contributed by atoms with van der Waals surface area (Å²) in [6.07, 6.45) is 5.72. The van der Waals surface area contributed by atoms with Gasteiger partial charge in [-0.25, -0.2) is 4.98 Å². The fourth-order valence-corrected chi connectivity index (χ4v) is 3.09. The third-order valence-electron chi connectivity index (χ3n) is 3.83. The molecule has 0 radical (unpaired) electrons. The average Bonchev–Trinajstić information content (AvgIpc) is 2.32. The van der Waals surface area contributed by atoms with Gasteiger partial charge in [0.25, 0.3) is 0 Å². The summed E-state index contributed by atoms with van der Waals surface area (Å²) in [7, 11) is 0. The molecule has 0 aliphatic heterocycles. The molecule has 0 spiro atoms. The Labute approximate surface area is 116 Å².